The molecule has 0 aliphatic carbocycles. The molecule has 160 valence electrons. The number of anilines is 1. The van der Waals surface area contributed by atoms with E-state index in [4.69, 9.17) is 18.9 Å². The molecule has 1 aromatic rings. The van der Waals surface area contributed by atoms with Crippen LogP contribution in [0.3, 0.4) is 0 Å². The standard InChI is InChI=1S/C20H28N2O7/c1-26-17-6-4-3-5-15(17)21-20(25)22-10-13(23)11-28-12-18-16(22)8-7-14(29-18)9-19(24)27-2/h3-6,13-14,16,18,23H,7-12H2,1-2H3,(H,21,25)/t13-,14-,16-,18+/m0/s1. The van der Waals surface area contributed by atoms with E-state index in [2.05, 4.69) is 5.32 Å². The first-order valence-corrected chi connectivity index (χ1v) is 9.70. The molecule has 9 nitrogen and oxygen atoms in total. The largest absolute Gasteiger partial charge is 0.495 e. The average Bonchev–Trinajstić information content (AvgIpc) is 2.71. The number of carbonyl (C=O) groups is 2. The van der Waals surface area contributed by atoms with E-state index in [1.807, 2.05) is 6.07 Å². The number of urea groups is 1. The Morgan fingerprint density at radius 3 is 2.79 bits per heavy atom. The number of amides is 2. The van der Waals surface area contributed by atoms with Crippen molar-refractivity contribution in [3.8, 4) is 5.75 Å². The Labute approximate surface area is 169 Å². The lowest BCUT2D eigenvalue weighted by Gasteiger charge is -2.44. The van der Waals surface area contributed by atoms with Gasteiger partial charge in [0.25, 0.3) is 0 Å². The molecule has 4 atom stereocenters. The van der Waals surface area contributed by atoms with Crippen molar-refractivity contribution in [1.82, 2.24) is 4.90 Å². The van der Waals surface area contributed by atoms with Gasteiger partial charge in [0.15, 0.2) is 0 Å². The first kappa shape index (κ1) is 21.4. The van der Waals surface area contributed by atoms with Crippen LogP contribution in [-0.4, -0.2) is 80.3 Å². The van der Waals surface area contributed by atoms with Gasteiger partial charge in [-0.1, -0.05) is 12.1 Å². The van der Waals surface area contributed by atoms with Crippen molar-refractivity contribution in [3.63, 3.8) is 0 Å². The molecular weight excluding hydrogens is 380 g/mol. The lowest BCUT2D eigenvalue weighted by Crippen LogP contribution is -2.58. The second-order valence-electron chi connectivity index (χ2n) is 7.20. The summed E-state index contributed by atoms with van der Waals surface area (Å²) in [6.07, 6.45) is -0.0836. The molecule has 29 heavy (non-hydrogen) atoms. The second kappa shape index (κ2) is 9.91. The van der Waals surface area contributed by atoms with Crippen LogP contribution in [0.2, 0.25) is 0 Å². The van der Waals surface area contributed by atoms with Gasteiger partial charge >= 0.3 is 12.0 Å². The third-order valence-electron chi connectivity index (χ3n) is 5.21. The Balaban J connectivity index is 1.74. The van der Waals surface area contributed by atoms with Crippen LogP contribution in [0.1, 0.15) is 19.3 Å². The summed E-state index contributed by atoms with van der Waals surface area (Å²) in [6, 6.07) is 6.50. The Bertz CT molecular complexity index is 714. The van der Waals surface area contributed by atoms with Crippen LogP contribution in [0.4, 0.5) is 10.5 Å². The molecule has 1 aromatic carbocycles. The summed E-state index contributed by atoms with van der Waals surface area (Å²) in [5, 5.41) is 13.1. The molecule has 2 fully saturated rings. The van der Waals surface area contributed by atoms with Crippen molar-refractivity contribution in [2.45, 2.75) is 43.6 Å². The summed E-state index contributed by atoms with van der Waals surface area (Å²) in [4.78, 5) is 26.3. The molecule has 0 spiro atoms. The van der Waals surface area contributed by atoms with Crippen LogP contribution >= 0.6 is 0 Å². The SMILES string of the molecule is COC(=O)C[C@@H]1CC[C@H]2[C@@H](COC[C@@H](O)CN2C(=O)Nc2ccccc2OC)O1. The smallest absolute Gasteiger partial charge is 0.322 e. The minimum Gasteiger partial charge on any atom is -0.495 e. The Morgan fingerprint density at radius 2 is 2.03 bits per heavy atom. The number of benzene rings is 1. The lowest BCUT2D eigenvalue weighted by molar-refractivity contribution is -0.159. The summed E-state index contributed by atoms with van der Waals surface area (Å²) in [7, 11) is 2.88. The maximum absolute atomic E-state index is 13.1. The quantitative estimate of drug-likeness (QED) is 0.725. The first-order chi connectivity index (χ1) is 14.0. The monoisotopic (exact) mass is 408 g/mol. The number of para-hydroxylation sites is 2. The zero-order valence-corrected chi connectivity index (χ0v) is 16.7. The van der Waals surface area contributed by atoms with E-state index in [1.54, 1.807) is 23.1 Å². The number of esters is 1. The van der Waals surface area contributed by atoms with E-state index >= 15 is 0 Å². The minimum atomic E-state index is -0.799. The number of hydrogen-bond acceptors (Lipinski definition) is 7. The van der Waals surface area contributed by atoms with E-state index in [-0.39, 0.29) is 50.3 Å². The van der Waals surface area contributed by atoms with Crippen molar-refractivity contribution < 1.29 is 33.6 Å². The number of rotatable bonds is 4. The molecule has 2 N–H and O–H groups in total. The van der Waals surface area contributed by atoms with E-state index in [0.717, 1.165) is 0 Å². The third kappa shape index (κ3) is 5.37. The van der Waals surface area contributed by atoms with Gasteiger partial charge in [-0.05, 0) is 25.0 Å². The van der Waals surface area contributed by atoms with Gasteiger partial charge in [-0.25, -0.2) is 4.79 Å². The minimum absolute atomic E-state index is 0.104. The summed E-state index contributed by atoms with van der Waals surface area (Å²) in [5.41, 5.74) is 0.546. The van der Waals surface area contributed by atoms with Gasteiger partial charge in [0.05, 0.1) is 64.3 Å². The van der Waals surface area contributed by atoms with E-state index in [0.29, 0.717) is 24.3 Å². The summed E-state index contributed by atoms with van der Waals surface area (Å²) < 4.78 is 21.6. The summed E-state index contributed by atoms with van der Waals surface area (Å²) in [6.45, 7) is 0.456. The van der Waals surface area contributed by atoms with Gasteiger partial charge in [-0.2, -0.15) is 0 Å². The van der Waals surface area contributed by atoms with Gasteiger partial charge in [0.2, 0.25) is 0 Å². The van der Waals surface area contributed by atoms with Crippen molar-refractivity contribution in [3.05, 3.63) is 24.3 Å². The van der Waals surface area contributed by atoms with Gasteiger partial charge in [-0.3, -0.25) is 4.79 Å². The molecule has 2 heterocycles. The van der Waals surface area contributed by atoms with Crippen molar-refractivity contribution in [1.29, 1.82) is 0 Å². The number of aliphatic hydroxyl groups is 1. The van der Waals surface area contributed by atoms with Crippen molar-refractivity contribution >= 4 is 17.7 Å². The third-order valence-corrected chi connectivity index (χ3v) is 5.21. The van der Waals surface area contributed by atoms with Gasteiger partial charge in [-0.15, -0.1) is 0 Å². The van der Waals surface area contributed by atoms with Crippen molar-refractivity contribution in [2.75, 3.05) is 39.3 Å². The van der Waals surface area contributed by atoms with E-state index in [9.17, 15) is 14.7 Å². The van der Waals surface area contributed by atoms with Crippen LogP contribution in [0, 0.1) is 0 Å². The number of carbonyl (C=O) groups excluding carboxylic acids is 2. The first-order valence-electron chi connectivity index (χ1n) is 9.70. The zero-order chi connectivity index (χ0) is 20.8. The average molecular weight is 408 g/mol. The Morgan fingerprint density at radius 1 is 1.24 bits per heavy atom. The summed E-state index contributed by atoms with van der Waals surface area (Å²) >= 11 is 0. The topological polar surface area (TPSA) is 107 Å². The highest BCUT2D eigenvalue weighted by molar-refractivity contribution is 5.91. The van der Waals surface area contributed by atoms with Crippen LogP contribution in [0.15, 0.2) is 24.3 Å². The van der Waals surface area contributed by atoms with Gasteiger partial charge < -0.3 is 34.3 Å². The van der Waals surface area contributed by atoms with Crippen LogP contribution in [0.25, 0.3) is 0 Å². The number of nitrogens with one attached hydrogen (secondary N) is 1. The number of β-amino-alcohol motifs (C(OH)–C–C–N with tert-alkyl or cyclic N) is 1. The molecule has 2 aliphatic heterocycles. The fraction of sp³-hybridized carbons (Fsp3) is 0.600. The van der Waals surface area contributed by atoms with E-state index < -0.39 is 12.2 Å². The number of hydrogen-bond donors (Lipinski definition) is 2. The predicted octanol–water partition coefficient (Wildman–Crippen LogP) is 1.40. The highest BCUT2D eigenvalue weighted by Crippen LogP contribution is 2.29. The highest BCUT2D eigenvalue weighted by Gasteiger charge is 2.40. The highest BCUT2D eigenvalue weighted by atomic mass is 16.6. The molecular formula is C20H28N2O7. The molecule has 2 saturated heterocycles. The maximum atomic E-state index is 13.1. The maximum Gasteiger partial charge on any atom is 0.322 e. The number of ether oxygens (including phenoxy) is 4. The number of methoxy groups -OCH3 is 2. The number of nitrogens with zero attached hydrogens (tertiary/aromatic N) is 1. The zero-order valence-electron chi connectivity index (χ0n) is 16.7. The van der Waals surface area contributed by atoms with Gasteiger partial charge in [0, 0.05) is 0 Å². The molecule has 3 rings (SSSR count). The van der Waals surface area contributed by atoms with Gasteiger partial charge in [0.1, 0.15) is 11.9 Å². The molecule has 9 heteroatoms. The van der Waals surface area contributed by atoms with E-state index in [1.165, 1.54) is 14.2 Å². The lowest BCUT2D eigenvalue weighted by atomic mass is 9.95. The fourth-order valence-electron chi connectivity index (χ4n) is 3.78. The second-order valence-corrected chi connectivity index (χ2v) is 7.20. The predicted molar refractivity (Wildman–Crippen MR) is 104 cm³/mol. The molecule has 0 bridgehead atoms. The normalized spacial score (nSPS) is 27.2. The Hall–Kier alpha value is -2.36. The van der Waals surface area contributed by atoms with Crippen molar-refractivity contribution in [2.24, 2.45) is 0 Å². The number of fused-ring (bicyclic) bond motifs is 1. The molecule has 2 aliphatic rings. The molecule has 0 unspecified atom stereocenters. The summed E-state index contributed by atoms with van der Waals surface area (Å²) in [5.74, 6) is 0.216. The molecule has 2 amide bonds. The molecule has 0 saturated carbocycles. The Kier molecular flexibility index (Phi) is 7.29. The van der Waals surface area contributed by atoms with Crippen LogP contribution in [0.5, 0.6) is 5.75 Å². The van der Waals surface area contributed by atoms with Crippen LogP contribution in [-0.2, 0) is 19.0 Å². The fourth-order valence-corrected chi connectivity index (χ4v) is 3.78. The molecule has 0 aromatic heterocycles. The van der Waals surface area contributed by atoms with Crippen LogP contribution < -0.4 is 10.1 Å². The molecule has 0 radical (unpaired) electrons. The number of aliphatic hydroxyl groups excluding tert-OH is 1.